The molecule has 1 unspecified atom stereocenters. The number of hydrogen-bond donors (Lipinski definition) is 3. The lowest BCUT2D eigenvalue weighted by atomic mass is 10.1. The number of aryl methyl sites for hydroxylation is 2. The third-order valence-electron chi connectivity index (χ3n) is 2.97. The maximum Gasteiger partial charge on any atom is 0.126 e. The lowest BCUT2D eigenvalue weighted by Gasteiger charge is -2.17. The molecule has 7 nitrogen and oxygen atoms in total. The number of nitrogens with zero attached hydrogens (tertiary/aromatic N) is 4. The number of anilines is 1. The lowest BCUT2D eigenvalue weighted by Crippen LogP contribution is -2.31. The molecule has 0 fully saturated rings. The molecule has 7 heteroatoms. The van der Waals surface area contributed by atoms with Gasteiger partial charge in [-0.25, -0.2) is 5.43 Å². The second kappa shape index (κ2) is 5.19. The molecule has 2 heterocycles. The van der Waals surface area contributed by atoms with Gasteiger partial charge in [0.1, 0.15) is 5.82 Å². The van der Waals surface area contributed by atoms with Crippen LogP contribution in [-0.4, -0.2) is 19.6 Å². The van der Waals surface area contributed by atoms with Crippen LogP contribution in [0.1, 0.15) is 30.6 Å². The Hall–Kier alpha value is -1.86. The molecule has 0 bridgehead atoms. The SMILES string of the molecule is CCCn1nccc1C(NN)c1cnn(C)c1N. The van der Waals surface area contributed by atoms with Gasteiger partial charge in [0, 0.05) is 25.4 Å². The third kappa shape index (κ3) is 2.09. The van der Waals surface area contributed by atoms with Gasteiger partial charge in [-0.1, -0.05) is 6.92 Å². The molecule has 2 rings (SSSR count). The molecule has 0 aliphatic carbocycles. The van der Waals surface area contributed by atoms with Gasteiger partial charge < -0.3 is 5.73 Å². The average molecular weight is 249 g/mol. The van der Waals surface area contributed by atoms with Crippen molar-refractivity contribution in [3.8, 4) is 0 Å². The normalized spacial score (nSPS) is 12.8. The molecule has 0 aliphatic heterocycles. The Morgan fingerprint density at radius 2 is 2.22 bits per heavy atom. The van der Waals surface area contributed by atoms with Gasteiger partial charge in [0.2, 0.25) is 0 Å². The molecule has 5 N–H and O–H groups in total. The molecule has 0 aliphatic rings. The van der Waals surface area contributed by atoms with Crippen LogP contribution in [0.5, 0.6) is 0 Å². The predicted octanol–water partition coefficient (Wildman–Crippen LogP) is 0.162. The number of nitrogens with two attached hydrogens (primary N) is 2. The van der Waals surface area contributed by atoms with Gasteiger partial charge in [-0.15, -0.1) is 0 Å². The summed E-state index contributed by atoms with van der Waals surface area (Å²) in [6.45, 7) is 2.95. The minimum Gasteiger partial charge on any atom is -0.384 e. The van der Waals surface area contributed by atoms with Crippen molar-refractivity contribution < 1.29 is 0 Å². The van der Waals surface area contributed by atoms with Crippen molar-refractivity contribution >= 4 is 5.82 Å². The zero-order chi connectivity index (χ0) is 13.1. The number of nitrogen functional groups attached to an aromatic ring is 1. The number of hydrogen-bond acceptors (Lipinski definition) is 5. The van der Waals surface area contributed by atoms with Crippen LogP contribution < -0.4 is 17.0 Å². The summed E-state index contributed by atoms with van der Waals surface area (Å²) in [4.78, 5) is 0. The van der Waals surface area contributed by atoms with Crippen molar-refractivity contribution in [3.05, 3.63) is 29.7 Å². The summed E-state index contributed by atoms with van der Waals surface area (Å²) in [7, 11) is 1.80. The number of nitrogens with one attached hydrogen (secondary N) is 1. The highest BCUT2D eigenvalue weighted by Gasteiger charge is 2.21. The molecular formula is C11H19N7. The van der Waals surface area contributed by atoms with Crippen LogP contribution >= 0.6 is 0 Å². The second-order valence-corrected chi connectivity index (χ2v) is 4.19. The van der Waals surface area contributed by atoms with Crippen LogP contribution in [0.15, 0.2) is 18.5 Å². The van der Waals surface area contributed by atoms with E-state index in [2.05, 4.69) is 22.5 Å². The van der Waals surface area contributed by atoms with E-state index in [-0.39, 0.29) is 6.04 Å². The zero-order valence-electron chi connectivity index (χ0n) is 10.7. The summed E-state index contributed by atoms with van der Waals surface area (Å²) in [6.07, 6.45) is 4.50. The highest BCUT2D eigenvalue weighted by Crippen LogP contribution is 2.25. The molecule has 0 saturated carbocycles. The van der Waals surface area contributed by atoms with Crippen LogP contribution in [0.4, 0.5) is 5.82 Å². The summed E-state index contributed by atoms with van der Waals surface area (Å²) in [5, 5.41) is 8.43. The first-order chi connectivity index (χ1) is 8.69. The van der Waals surface area contributed by atoms with Crippen LogP contribution in [0.3, 0.4) is 0 Å². The van der Waals surface area contributed by atoms with E-state index in [0.29, 0.717) is 5.82 Å². The summed E-state index contributed by atoms with van der Waals surface area (Å²) in [5.74, 6) is 6.25. The van der Waals surface area contributed by atoms with Crippen LogP contribution in [0.25, 0.3) is 0 Å². The topological polar surface area (TPSA) is 99.7 Å². The summed E-state index contributed by atoms with van der Waals surface area (Å²) in [5.41, 5.74) is 10.6. The molecule has 98 valence electrons. The van der Waals surface area contributed by atoms with E-state index < -0.39 is 0 Å². The summed E-state index contributed by atoms with van der Waals surface area (Å²) >= 11 is 0. The molecule has 1 atom stereocenters. The average Bonchev–Trinajstić information content (AvgIpc) is 2.93. The quantitative estimate of drug-likeness (QED) is 0.518. The van der Waals surface area contributed by atoms with Crippen LogP contribution in [-0.2, 0) is 13.6 Å². The van der Waals surface area contributed by atoms with Crippen molar-refractivity contribution in [3.63, 3.8) is 0 Å². The van der Waals surface area contributed by atoms with E-state index in [1.807, 2.05) is 10.7 Å². The third-order valence-corrected chi connectivity index (χ3v) is 2.97. The van der Waals surface area contributed by atoms with E-state index in [1.165, 1.54) is 0 Å². The molecule has 0 amide bonds. The Morgan fingerprint density at radius 1 is 1.44 bits per heavy atom. The van der Waals surface area contributed by atoms with E-state index in [1.54, 1.807) is 24.1 Å². The van der Waals surface area contributed by atoms with Gasteiger partial charge in [-0.2, -0.15) is 10.2 Å². The molecule has 2 aromatic rings. The highest BCUT2D eigenvalue weighted by atomic mass is 15.3. The molecule has 0 spiro atoms. The van der Waals surface area contributed by atoms with Crippen molar-refractivity contribution in [2.24, 2.45) is 12.9 Å². The monoisotopic (exact) mass is 249 g/mol. The van der Waals surface area contributed by atoms with Crippen molar-refractivity contribution in [2.45, 2.75) is 25.9 Å². The van der Waals surface area contributed by atoms with E-state index in [4.69, 9.17) is 11.6 Å². The van der Waals surface area contributed by atoms with Gasteiger partial charge in [0.25, 0.3) is 0 Å². The zero-order valence-corrected chi connectivity index (χ0v) is 10.7. The number of rotatable bonds is 5. The molecular weight excluding hydrogens is 230 g/mol. The number of aromatic nitrogens is 4. The first kappa shape index (κ1) is 12.6. The second-order valence-electron chi connectivity index (χ2n) is 4.19. The van der Waals surface area contributed by atoms with Gasteiger partial charge in [0.05, 0.1) is 17.9 Å². The fraction of sp³-hybridized carbons (Fsp3) is 0.455. The molecule has 2 aromatic heterocycles. The van der Waals surface area contributed by atoms with Crippen LogP contribution in [0, 0.1) is 0 Å². The first-order valence-electron chi connectivity index (χ1n) is 5.94. The largest absolute Gasteiger partial charge is 0.384 e. The smallest absolute Gasteiger partial charge is 0.126 e. The van der Waals surface area contributed by atoms with Gasteiger partial charge in [0.15, 0.2) is 0 Å². The Morgan fingerprint density at radius 3 is 2.78 bits per heavy atom. The summed E-state index contributed by atoms with van der Waals surface area (Å²) in [6, 6.07) is 1.74. The number of hydrazine groups is 1. The van der Waals surface area contributed by atoms with E-state index in [0.717, 1.165) is 24.2 Å². The van der Waals surface area contributed by atoms with Gasteiger partial charge in [-0.05, 0) is 12.5 Å². The lowest BCUT2D eigenvalue weighted by molar-refractivity contribution is 0.521. The Balaban J connectivity index is 2.39. The highest BCUT2D eigenvalue weighted by molar-refractivity contribution is 5.44. The van der Waals surface area contributed by atoms with E-state index >= 15 is 0 Å². The fourth-order valence-electron chi connectivity index (χ4n) is 2.01. The Kier molecular flexibility index (Phi) is 3.63. The minimum absolute atomic E-state index is 0.201. The minimum atomic E-state index is -0.201. The maximum atomic E-state index is 5.98. The Labute approximate surface area is 106 Å². The summed E-state index contributed by atoms with van der Waals surface area (Å²) < 4.78 is 3.55. The maximum absolute atomic E-state index is 5.98. The van der Waals surface area contributed by atoms with Crippen molar-refractivity contribution in [1.29, 1.82) is 0 Å². The predicted molar refractivity (Wildman–Crippen MR) is 69.3 cm³/mol. The molecule has 0 aromatic carbocycles. The van der Waals surface area contributed by atoms with Crippen LogP contribution in [0.2, 0.25) is 0 Å². The first-order valence-corrected chi connectivity index (χ1v) is 5.94. The Bertz CT molecular complexity index is 513. The van der Waals surface area contributed by atoms with Gasteiger partial charge in [-0.3, -0.25) is 15.2 Å². The van der Waals surface area contributed by atoms with Gasteiger partial charge >= 0.3 is 0 Å². The fourth-order valence-corrected chi connectivity index (χ4v) is 2.01. The van der Waals surface area contributed by atoms with E-state index in [9.17, 15) is 0 Å². The van der Waals surface area contributed by atoms with Crippen molar-refractivity contribution in [1.82, 2.24) is 25.0 Å². The molecule has 18 heavy (non-hydrogen) atoms. The molecule has 0 saturated heterocycles. The molecule has 0 radical (unpaired) electrons. The van der Waals surface area contributed by atoms with Crippen molar-refractivity contribution in [2.75, 3.05) is 5.73 Å². The standard InChI is InChI=1S/C11H19N7/c1-3-6-18-9(4-5-14-18)10(16-13)8-7-15-17(2)11(8)12/h4-5,7,10,16H,3,6,12-13H2,1-2H3.